The van der Waals surface area contributed by atoms with Crippen molar-refractivity contribution in [2.24, 2.45) is 10.8 Å². The second-order valence-electron chi connectivity index (χ2n) is 8.74. The Kier molecular flexibility index (Phi) is 11.0. The van der Waals surface area contributed by atoms with Crippen molar-refractivity contribution in [3.05, 3.63) is 59.7 Å². The Morgan fingerprint density at radius 2 is 0.867 bits per heavy atom. The van der Waals surface area contributed by atoms with Crippen LogP contribution in [-0.2, 0) is 22.8 Å². The molecule has 2 rings (SSSR count). The van der Waals surface area contributed by atoms with Crippen molar-refractivity contribution in [1.82, 2.24) is 0 Å². The van der Waals surface area contributed by atoms with Crippen LogP contribution in [0.2, 0.25) is 0 Å². The molecule has 0 amide bonds. The zero-order valence-electron chi connectivity index (χ0n) is 18.6. The number of hydrogen-bond acceptors (Lipinski definition) is 4. The number of benzene rings is 2. The highest BCUT2D eigenvalue weighted by atomic mass is 16.4. The molecule has 30 heavy (non-hydrogen) atoms. The van der Waals surface area contributed by atoms with Gasteiger partial charge in [0.05, 0.1) is 24.0 Å². The van der Waals surface area contributed by atoms with Gasteiger partial charge in [-0.05, 0) is 63.8 Å². The van der Waals surface area contributed by atoms with Crippen LogP contribution >= 0.6 is 0 Å². The molecule has 4 N–H and O–H groups in total. The maximum absolute atomic E-state index is 10.0. The fraction of sp³-hybridized carbons (Fsp3) is 0.417. The van der Waals surface area contributed by atoms with E-state index in [1.54, 1.807) is 41.5 Å². The van der Waals surface area contributed by atoms with Crippen molar-refractivity contribution in [1.29, 1.82) is 0 Å². The molecule has 0 bridgehead atoms. The average molecular weight is 419 g/mol. The van der Waals surface area contributed by atoms with Gasteiger partial charge < -0.3 is 20.4 Å². The SMILES string of the molecule is CC(C)(C)C(=O)O.CC(C)(C)C(=O)O.OCc1ccccc1-c1ccccc1CO. The van der Waals surface area contributed by atoms with E-state index in [0.29, 0.717) is 0 Å². The van der Waals surface area contributed by atoms with Crippen LogP contribution in [0.4, 0.5) is 0 Å². The number of rotatable bonds is 3. The third-order valence-electron chi connectivity index (χ3n) is 3.95. The molecule has 0 aliphatic carbocycles. The first-order valence-electron chi connectivity index (χ1n) is 9.60. The van der Waals surface area contributed by atoms with E-state index in [4.69, 9.17) is 10.2 Å². The van der Waals surface area contributed by atoms with Crippen LogP contribution in [0, 0.1) is 10.8 Å². The van der Waals surface area contributed by atoms with Gasteiger partial charge in [0.25, 0.3) is 0 Å². The molecule has 2 aromatic rings. The van der Waals surface area contributed by atoms with Crippen molar-refractivity contribution in [3.63, 3.8) is 0 Å². The van der Waals surface area contributed by atoms with Gasteiger partial charge in [-0.1, -0.05) is 48.5 Å². The molecule has 0 heterocycles. The van der Waals surface area contributed by atoms with Gasteiger partial charge in [-0.3, -0.25) is 9.59 Å². The molecule has 6 heteroatoms. The molecule has 0 unspecified atom stereocenters. The van der Waals surface area contributed by atoms with Crippen LogP contribution in [0.1, 0.15) is 52.7 Å². The molecule has 0 aromatic heterocycles. The van der Waals surface area contributed by atoms with E-state index < -0.39 is 22.8 Å². The van der Waals surface area contributed by atoms with Gasteiger partial charge in [-0.15, -0.1) is 0 Å². The Hall–Kier alpha value is -2.70. The van der Waals surface area contributed by atoms with E-state index in [1.807, 2.05) is 48.5 Å². The number of carboxylic acid groups (broad SMARTS) is 2. The molecule has 0 radical (unpaired) electrons. The summed E-state index contributed by atoms with van der Waals surface area (Å²) >= 11 is 0. The van der Waals surface area contributed by atoms with Gasteiger partial charge in [-0.2, -0.15) is 0 Å². The lowest BCUT2D eigenvalue weighted by molar-refractivity contribution is -0.146. The Bertz CT molecular complexity index is 743. The predicted molar refractivity (Wildman–Crippen MR) is 118 cm³/mol. The summed E-state index contributed by atoms with van der Waals surface area (Å²) in [4.78, 5) is 20.0. The molecule has 0 saturated heterocycles. The number of carbonyl (C=O) groups is 2. The van der Waals surface area contributed by atoms with Crippen molar-refractivity contribution >= 4 is 11.9 Å². The third-order valence-corrected chi connectivity index (χ3v) is 3.95. The van der Waals surface area contributed by atoms with E-state index in [9.17, 15) is 19.8 Å². The molecular weight excluding hydrogens is 384 g/mol. The average Bonchev–Trinajstić information content (AvgIpc) is 2.67. The van der Waals surface area contributed by atoms with Crippen molar-refractivity contribution < 1.29 is 30.0 Å². The van der Waals surface area contributed by atoms with Crippen LogP contribution in [0.5, 0.6) is 0 Å². The molecule has 166 valence electrons. The number of hydrogen-bond donors (Lipinski definition) is 4. The second-order valence-corrected chi connectivity index (χ2v) is 8.74. The summed E-state index contributed by atoms with van der Waals surface area (Å²) in [6.07, 6.45) is 0. The van der Waals surface area contributed by atoms with Crippen molar-refractivity contribution in [2.45, 2.75) is 54.8 Å². The van der Waals surface area contributed by atoms with Gasteiger partial charge in [0.15, 0.2) is 0 Å². The minimum Gasteiger partial charge on any atom is -0.481 e. The second kappa shape index (κ2) is 12.1. The van der Waals surface area contributed by atoms with Gasteiger partial charge in [0, 0.05) is 0 Å². The molecule has 0 aliphatic rings. The Morgan fingerprint density at radius 1 is 0.633 bits per heavy atom. The highest BCUT2D eigenvalue weighted by molar-refractivity contribution is 5.73. The molecule has 0 atom stereocenters. The van der Waals surface area contributed by atoms with Crippen LogP contribution in [0.15, 0.2) is 48.5 Å². The minimum absolute atomic E-state index is 0.00986. The number of aliphatic carboxylic acids is 2. The molecule has 0 saturated carbocycles. The predicted octanol–water partition coefficient (Wildman–Crippen LogP) is 4.57. The summed E-state index contributed by atoms with van der Waals surface area (Å²) in [5.74, 6) is -1.51. The number of carboxylic acids is 2. The number of aliphatic hydroxyl groups is 2. The lowest BCUT2D eigenvalue weighted by Gasteiger charge is -2.10. The van der Waals surface area contributed by atoms with Crippen LogP contribution in [0.25, 0.3) is 11.1 Å². The van der Waals surface area contributed by atoms with Gasteiger partial charge in [-0.25, -0.2) is 0 Å². The zero-order valence-corrected chi connectivity index (χ0v) is 18.6. The largest absolute Gasteiger partial charge is 0.481 e. The highest BCUT2D eigenvalue weighted by Gasteiger charge is 2.19. The van der Waals surface area contributed by atoms with Crippen LogP contribution in [-0.4, -0.2) is 32.4 Å². The fourth-order valence-electron chi connectivity index (χ4n) is 1.84. The normalized spacial score (nSPS) is 10.8. The van der Waals surface area contributed by atoms with E-state index >= 15 is 0 Å². The summed E-state index contributed by atoms with van der Waals surface area (Å²) in [6, 6.07) is 15.4. The van der Waals surface area contributed by atoms with Crippen molar-refractivity contribution in [2.75, 3.05) is 0 Å². The summed E-state index contributed by atoms with van der Waals surface area (Å²) in [6.45, 7) is 9.99. The monoisotopic (exact) mass is 418 g/mol. The van der Waals surface area contributed by atoms with Gasteiger partial charge >= 0.3 is 11.9 Å². The van der Waals surface area contributed by atoms with Crippen LogP contribution < -0.4 is 0 Å². The lowest BCUT2D eigenvalue weighted by Crippen LogP contribution is -2.18. The summed E-state index contributed by atoms with van der Waals surface area (Å²) in [5, 5.41) is 35.1. The first kappa shape index (κ1) is 27.3. The standard InChI is InChI=1S/C14H14O2.2C5H10O2/c15-9-11-5-1-3-7-13(11)14-8-4-2-6-12(14)10-16;2*1-5(2,3)4(6)7/h1-8,15-16H,9-10H2;2*1-3H3,(H,6,7). The lowest BCUT2D eigenvalue weighted by atomic mass is 9.96. The molecule has 2 aromatic carbocycles. The molecule has 0 fully saturated rings. The Morgan fingerprint density at radius 3 is 1.07 bits per heavy atom. The van der Waals surface area contributed by atoms with E-state index in [1.165, 1.54) is 0 Å². The Balaban J connectivity index is 0.000000503. The Labute approximate surface area is 178 Å². The maximum Gasteiger partial charge on any atom is 0.308 e. The topological polar surface area (TPSA) is 115 Å². The van der Waals surface area contributed by atoms with E-state index in [-0.39, 0.29) is 13.2 Å². The zero-order chi connectivity index (χ0) is 23.5. The quantitative estimate of drug-likeness (QED) is 0.580. The van der Waals surface area contributed by atoms with E-state index in [2.05, 4.69) is 0 Å². The fourth-order valence-corrected chi connectivity index (χ4v) is 1.84. The van der Waals surface area contributed by atoms with E-state index in [0.717, 1.165) is 22.3 Å². The first-order chi connectivity index (χ1) is 13.8. The first-order valence-corrected chi connectivity index (χ1v) is 9.60. The third kappa shape index (κ3) is 9.67. The molecule has 0 aliphatic heterocycles. The smallest absolute Gasteiger partial charge is 0.308 e. The molecule has 6 nitrogen and oxygen atoms in total. The maximum atomic E-state index is 10.0. The molecular formula is C24H34O6. The minimum atomic E-state index is -0.757. The van der Waals surface area contributed by atoms with Crippen molar-refractivity contribution in [3.8, 4) is 11.1 Å². The highest BCUT2D eigenvalue weighted by Crippen LogP contribution is 2.27. The summed E-state index contributed by atoms with van der Waals surface area (Å²) in [5.41, 5.74) is 2.55. The summed E-state index contributed by atoms with van der Waals surface area (Å²) in [7, 11) is 0. The van der Waals surface area contributed by atoms with Crippen LogP contribution in [0.3, 0.4) is 0 Å². The molecule has 0 spiro atoms. The van der Waals surface area contributed by atoms with Gasteiger partial charge in [0.2, 0.25) is 0 Å². The van der Waals surface area contributed by atoms with Gasteiger partial charge in [0.1, 0.15) is 0 Å². The number of aliphatic hydroxyl groups excluding tert-OH is 2. The summed E-state index contributed by atoms with van der Waals surface area (Å²) < 4.78 is 0.